The van der Waals surface area contributed by atoms with Crippen LogP contribution in [0.2, 0.25) is 0 Å². The smallest absolute Gasteiger partial charge is 0.257 e. The zero-order chi connectivity index (χ0) is 22.1. The molecule has 0 radical (unpaired) electrons. The Morgan fingerprint density at radius 1 is 0.969 bits per heavy atom. The Labute approximate surface area is 190 Å². The van der Waals surface area contributed by atoms with Crippen molar-refractivity contribution in [3.05, 3.63) is 106 Å². The van der Waals surface area contributed by atoms with Crippen LogP contribution < -0.4 is 0 Å². The summed E-state index contributed by atoms with van der Waals surface area (Å²) in [6.45, 7) is 6.34. The minimum Gasteiger partial charge on any atom is -0.290 e. The third kappa shape index (κ3) is 4.11. The van der Waals surface area contributed by atoms with Gasteiger partial charge >= 0.3 is 0 Å². The molecule has 0 aromatic heterocycles. The molecule has 1 unspecified atom stereocenters. The summed E-state index contributed by atoms with van der Waals surface area (Å²) in [6, 6.07) is 25.2. The lowest BCUT2D eigenvalue weighted by Gasteiger charge is -2.30. The van der Waals surface area contributed by atoms with E-state index in [4.69, 9.17) is 5.10 Å². The van der Waals surface area contributed by atoms with E-state index < -0.39 is 0 Å². The minimum atomic E-state index is -0.0605. The van der Waals surface area contributed by atoms with Crippen LogP contribution in [0.3, 0.4) is 0 Å². The molecular weight excluding hydrogens is 394 g/mol. The van der Waals surface area contributed by atoms with E-state index in [0.29, 0.717) is 6.54 Å². The number of carbonyl (C=O) groups excluding carboxylic acids is 1. The largest absolute Gasteiger partial charge is 0.290 e. The Kier molecular flexibility index (Phi) is 5.62. The van der Waals surface area contributed by atoms with Crippen LogP contribution in [-0.2, 0) is 17.8 Å². The fraction of sp³-hybridized carbons (Fsp3) is 0.286. The number of hydrogen-bond acceptors (Lipinski definition) is 3. The molecule has 4 heteroatoms. The predicted molar refractivity (Wildman–Crippen MR) is 129 cm³/mol. The summed E-state index contributed by atoms with van der Waals surface area (Å²) >= 11 is 0. The first kappa shape index (κ1) is 20.7. The third-order valence-corrected chi connectivity index (χ3v) is 6.64. The maximum absolute atomic E-state index is 13.6. The summed E-state index contributed by atoms with van der Waals surface area (Å²) < 4.78 is 0. The van der Waals surface area contributed by atoms with Crippen molar-refractivity contribution in [2.24, 2.45) is 5.10 Å². The van der Waals surface area contributed by atoms with Gasteiger partial charge in [0, 0.05) is 19.5 Å². The lowest BCUT2D eigenvalue weighted by Crippen LogP contribution is -2.40. The maximum atomic E-state index is 13.6. The highest BCUT2D eigenvalue weighted by Crippen LogP contribution is 2.35. The molecule has 4 nitrogen and oxygen atoms in total. The van der Waals surface area contributed by atoms with Crippen LogP contribution in [0.4, 0.5) is 0 Å². The molecule has 2 aliphatic rings. The summed E-state index contributed by atoms with van der Waals surface area (Å²) in [5.41, 5.74) is 8.40. The summed E-state index contributed by atoms with van der Waals surface area (Å²) in [6.07, 6.45) is 1.73. The van der Waals surface area contributed by atoms with Gasteiger partial charge in [-0.15, -0.1) is 0 Å². The second-order valence-corrected chi connectivity index (χ2v) is 8.96. The highest BCUT2D eigenvalue weighted by atomic mass is 16.2. The van der Waals surface area contributed by atoms with Crippen molar-refractivity contribution in [1.29, 1.82) is 0 Å². The lowest BCUT2D eigenvalue weighted by atomic mass is 9.94. The Morgan fingerprint density at radius 3 is 2.53 bits per heavy atom. The van der Waals surface area contributed by atoms with Crippen LogP contribution in [0.25, 0.3) is 0 Å². The van der Waals surface area contributed by atoms with Gasteiger partial charge in [0.05, 0.1) is 18.3 Å². The Morgan fingerprint density at radius 2 is 1.72 bits per heavy atom. The quantitative estimate of drug-likeness (QED) is 0.589. The highest BCUT2D eigenvalue weighted by Gasteiger charge is 2.34. The molecule has 0 N–H and O–H groups in total. The molecule has 1 amide bonds. The summed E-state index contributed by atoms with van der Waals surface area (Å²) in [5, 5.41) is 6.62. The second kappa shape index (κ2) is 8.71. The average Bonchev–Trinajstić information content (AvgIpc) is 3.27. The van der Waals surface area contributed by atoms with Gasteiger partial charge in [-0.1, -0.05) is 78.4 Å². The van der Waals surface area contributed by atoms with E-state index in [1.807, 2.05) is 18.2 Å². The number of carbonyl (C=O) groups is 1. The maximum Gasteiger partial charge on any atom is 0.257 e. The van der Waals surface area contributed by atoms with E-state index in [-0.39, 0.29) is 11.9 Å². The molecule has 162 valence electrons. The molecule has 3 aromatic rings. The van der Waals surface area contributed by atoms with E-state index in [0.717, 1.165) is 37.2 Å². The predicted octanol–water partition coefficient (Wildman–Crippen LogP) is 5.04. The van der Waals surface area contributed by atoms with E-state index in [1.54, 1.807) is 5.01 Å². The first-order chi connectivity index (χ1) is 15.6. The molecule has 0 fully saturated rings. The number of amides is 1. The van der Waals surface area contributed by atoms with Gasteiger partial charge < -0.3 is 0 Å². The minimum absolute atomic E-state index is 0.0605. The van der Waals surface area contributed by atoms with Crippen molar-refractivity contribution in [2.45, 2.75) is 39.3 Å². The average molecular weight is 424 g/mol. The SMILES string of the molecule is Cc1ccc(C)c(C2CC(c3ccccc3)=NN2C(=O)CN2CCc3ccccc3C2)c1. The molecule has 0 spiro atoms. The summed E-state index contributed by atoms with van der Waals surface area (Å²) in [4.78, 5) is 15.8. The number of aryl methyl sites for hydroxylation is 2. The molecular formula is C28H29N3O. The first-order valence-electron chi connectivity index (χ1n) is 11.4. The van der Waals surface area contributed by atoms with Crippen molar-refractivity contribution in [1.82, 2.24) is 9.91 Å². The van der Waals surface area contributed by atoms with Crippen molar-refractivity contribution in [3.8, 4) is 0 Å². The molecule has 32 heavy (non-hydrogen) atoms. The van der Waals surface area contributed by atoms with Crippen LogP contribution in [-0.4, -0.2) is 34.6 Å². The zero-order valence-electron chi connectivity index (χ0n) is 18.8. The normalized spacial score (nSPS) is 18.4. The molecule has 3 aromatic carbocycles. The molecule has 0 bridgehead atoms. The number of nitrogens with zero attached hydrogens (tertiary/aromatic N) is 3. The van der Waals surface area contributed by atoms with Crippen LogP contribution in [0.5, 0.6) is 0 Å². The van der Waals surface area contributed by atoms with Crippen molar-refractivity contribution in [2.75, 3.05) is 13.1 Å². The fourth-order valence-corrected chi connectivity index (χ4v) is 4.86. The molecule has 2 heterocycles. The van der Waals surface area contributed by atoms with Gasteiger partial charge in [-0.05, 0) is 48.1 Å². The van der Waals surface area contributed by atoms with E-state index >= 15 is 0 Å². The van der Waals surface area contributed by atoms with Crippen LogP contribution in [0.1, 0.15) is 45.8 Å². The van der Waals surface area contributed by atoms with Crippen molar-refractivity contribution >= 4 is 11.6 Å². The monoisotopic (exact) mass is 423 g/mol. The zero-order valence-corrected chi connectivity index (χ0v) is 18.8. The highest BCUT2D eigenvalue weighted by molar-refractivity contribution is 6.03. The van der Waals surface area contributed by atoms with Gasteiger partial charge in [0.15, 0.2) is 0 Å². The Balaban J connectivity index is 1.42. The van der Waals surface area contributed by atoms with Crippen molar-refractivity contribution < 1.29 is 4.79 Å². The number of hydrogen-bond donors (Lipinski definition) is 0. The van der Waals surface area contributed by atoms with Crippen LogP contribution in [0, 0.1) is 13.8 Å². The Bertz CT molecular complexity index is 1170. The molecule has 1 atom stereocenters. The molecule has 0 saturated heterocycles. The summed E-state index contributed by atoms with van der Waals surface area (Å²) in [5.74, 6) is 0.0706. The molecule has 0 saturated carbocycles. The van der Waals surface area contributed by atoms with E-state index in [9.17, 15) is 4.79 Å². The number of fused-ring (bicyclic) bond motifs is 1. The van der Waals surface area contributed by atoms with E-state index in [2.05, 4.69) is 73.3 Å². The van der Waals surface area contributed by atoms with Gasteiger partial charge in [0.2, 0.25) is 0 Å². The molecule has 2 aliphatic heterocycles. The van der Waals surface area contributed by atoms with Gasteiger partial charge in [0.25, 0.3) is 5.91 Å². The van der Waals surface area contributed by atoms with Gasteiger partial charge in [-0.3, -0.25) is 9.69 Å². The lowest BCUT2D eigenvalue weighted by molar-refractivity contribution is -0.134. The first-order valence-corrected chi connectivity index (χ1v) is 11.4. The van der Waals surface area contributed by atoms with Gasteiger partial charge in [0.1, 0.15) is 0 Å². The third-order valence-electron chi connectivity index (χ3n) is 6.64. The van der Waals surface area contributed by atoms with Crippen LogP contribution in [0.15, 0.2) is 77.9 Å². The number of rotatable bonds is 4. The van der Waals surface area contributed by atoms with Gasteiger partial charge in [-0.25, -0.2) is 5.01 Å². The standard InChI is InChI=1S/C28H29N3O/c1-20-12-13-21(2)25(16-20)27-17-26(23-9-4-3-5-10-23)29-31(27)28(32)19-30-15-14-22-8-6-7-11-24(22)18-30/h3-13,16,27H,14-15,17-19H2,1-2H3. The molecule has 5 rings (SSSR count). The molecule has 0 aliphatic carbocycles. The number of hydrazone groups is 1. The van der Waals surface area contributed by atoms with Gasteiger partial charge in [-0.2, -0.15) is 5.10 Å². The second-order valence-electron chi connectivity index (χ2n) is 8.96. The topological polar surface area (TPSA) is 35.9 Å². The van der Waals surface area contributed by atoms with Crippen molar-refractivity contribution in [3.63, 3.8) is 0 Å². The summed E-state index contributed by atoms with van der Waals surface area (Å²) in [7, 11) is 0. The van der Waals surface area contributed by atoms with E-state index in [1.165, 1.54) is 27.8 Å². The number of benzene rings is 3. The fourth-order valence-electron chi connectivity index (χ4n) is 4.86. The van der Waals surface area contributed by atoms with Crippen LogP contribution >= 0.6 is 0 Å². The Hall–Kier alpha value is -3.24.